The first kappa shape index (κ1) is 21.6. The first-order chi connectivity index (χ1) is 17.1. The fourth-order valence-electron chi connectivity index (χ4n) is 4.72. The zero-order chi connectivity index (χ0) is 24.0. The molecule has 176 valence electrons. The van der Waals surface area contributed by atoms with E-state index in [-0.39, 0.29) is 6.61 Å². The highest BCUT2D eigenvalue weighted by Gasteiger charge is 2.41. The van der Waals surface area contributed by atoms with Gasteiger partial charge in [-0.3, -0.25) is 9.98 Å². The summed E-state index contributed by atoms with van der Waals surface area (Å²) in [5, 5.41) is 26.5. The molecule has 0 saturated heterocycles. The van der Waals surface area contributed by atoms with E-state index in [1.54, 1.807) is 18.5 Å². The zero-order valence-corrected chi connectivity index (χ0v) is 19.3. The molecule has 1 saturated carbocycles. The Hall–Kier alpha value is -3.88. The molecule has 3 N–H and O–H groups in total. The maximum absolute atomic E-state index is 12.6. The number of pyridine rings is 1. The Bertz CT molecular complexity index is 1490. The van der Waals surface area contributed by atoms with Gasteiger partial charge in [-0.15, -0.1) is 0 Å². The molecule has 4 aromatic rings. The van der Waals surface area contributed by atoms with Crippen LogP contribution in [0.2, 0.25) is 0 Å². The van der Waals surface area contributed by atoms with Gasteiger partial charge < -0.3 is 19.7 Å². The number of aromatic amines is 1. The molecule has 0 spiro atoms. The van der Waals surface area contributed by atoms with Crippen LogP contribution in [0.25, 0.3) is 22.2 Å². The lowest BCUT2D eigenvalue weighted by Gasteiger charge is -2.29. The van der Waals surface area contributed by atoms with Gasteiger partial charge in [0.15, 0.2) is 5.60 Å². The number of H-pyrrole nitrogens is 1. The van der Waals surface area contributed by atoms with E-state index < -0.39 is 5.60 Å². The van der Waals surface area contributed by atoms with Crippen LogP contribution in [0.3, 0.4) is 0 Å². The minimum Gasteiger partial charge on any atom is -0.390 e. The van der Waals surface area contributed by atoms with Gasteiger partial charge in [0, 0.05) is 29.5 Å². The highest BCUT2D eigenvalue weighted by atomic mass is 16.5. The molecule has 0 bridgehead atoms. The van der Waals surface area contributed by atoms with Crippen LogP contribution < -0.4 is 0 Å². The van der Waals surface area contributed by atoms with Crippen molar-refractivity contribution in [2.24, 2.45) is 4.99 Å². The summed E-state index contributed by atoms with van der Waals surface area (Å²) in [5.74, 6) is 1.89. The Kier molecular flexibility index (Phi) is 5.20. The van der Waals surface area contributed by atoms with Crippen LogP contribution in [0.4, 0.5) is 0 Å². The molecule has 1 fully saturated rings. The van der Waals surface area contributed by atoms with Gasteiger partial charge in [-0.2, -0.15) is 0 Å². The second kappa shape index (κ2) is 8.41. The molecule has 1 unspecified atom stereocenters. The average Bonchev–Trinajstić information content (AvgIpc) is 3.62. The van der Waals surface area contributed by atoms with Gasteiger partial charge in [0.25, 0.3) is 0 Å². The molecule has 1 aliphatic carbocycles. The van der Waals surface area contributed by atoms with E-state index in [0.29, 0.717) is 51.8 Å². The van der Waals surface area contributed by atoms with Gasteiger partial charge >= 0.3 is 0 Å². The van der Waals surface area contributed by atoms with E-state index in [2.05, 4.69) is 20.1 Å². The Morgan fingerprint density at radius 3 is 2.89 bits per heavy atom. The molecule has 6 rings (SSSR count). The Morgan fingerprint density at radius 2 is 2.11 bits per heavy atom. The van der Waals surface area contributed by atoms with Crippen LogP contribution in [0.15, 0.2) is 70.0 Å². The van der Waals surface area contributed by atoms with E-state index in [1.165, 1.54) is 0 Å². The van der Waals surface area contributed by atoms with Crippen molar-refractivity contribution in [1.82, 2.24) is 20.1 Å². The highest BCUT2D eigenvalue weighted by molar-refractivity contribution is 5.88. The number of imidazole rings is 1. The van der Waals surface area contributed by atoms with Crippen molar-refractivity contribution in [3.05, 3.63) is 89.0 Å². The first-order valence-electron chi connectivity index (χ1n) is 11.7. The lowest BCUT2D eigenvalue weighted by Crippen LogP contribution is -2.31. The predicted octanol–water partition coefficient (Wildman–Crippen LogP) is 4.44. The van der Waals surface area contributed by atoms with E-state index in [1.807, 2.05) is 49.4 Å². The van der Waals surface area contributed by atoms with Crippen LogP contribution in [0.5, 0.6) is 0 Å². The number of nitrogens with one attached hydrogen (secondary N) is 1. The molecular formula is C27H25N5O3. The molecule has 35 heavy (non-hydrogen) atoms. The first-order valence-corrected chi connectivity index (χ1v) is 11.7. The van der Waals surface area contributed by atoms with Gasteiger partial charge in [-0.05, 0) is 62.1 Å². The van der Waals surface area contributed by atoms with E-state index >= 15 is 0 Å². The molecule has 1 atom stereocenters. The summed E-state index contributed by atoms with van der Waals surface area (Å²) in [4.78, 5) is 17.6. The summed E-state index contributed by atoms with van der Waals surface area (Å²) in [6.45, 7) is 1.55. The van der Waals surface area contributed by atoms with E-state index in [4.69, 9.17) is 9.51 Å². The third kappa shape index (κ3) is 3.62. The normalized spacial score (nSPS) is 17.4. The predicted molar refractivity (Wildman–Crippen MR) is 132 cm³/mol. The van der Waals surface area contributed by atoms with Crippen LogP contribution in [0.1, 0.15) is 53.7 Å². The standard InChI is InChI=1S/C27H25N5O3/c1-16-24(21(15-33)32-35-16)18-13-19(25-20(14-18)30-26(31-25)17-9-10-17)27(34,23-8-4-6-12-29-23)22-7-3-2-5-11-28-22/h2,4-8,11-14,17,33-34H,3,9-10,15H2,1H3,(H,30,31). The Labute approximate surface area is 201 Å². The van der Waals surface area contributed by atoms with Crippen LogP contribution in [0, 0.1) is 6.92 Å². The number of aryl methyl sites for hydroxylation is 1. The summed E-state index contributed by atoms with van der Waals surface area (Å²) in [6, 6.07) is 9.33. The number of allylic oxidation sites excluding steroid dienone is 3. The third-order valence-electron chi connectivity index (χ3n) is 6.62. The molecule has 0 radical (unpaired) electrons. The molecule has 3 aromatic heterocycles. The number of nitrogens with zero attached hydrogens (tertiary/aromatic N) is 4. The minimum absolute atomic E-state index is 0.262. The van der Waals surface area contributed by atoms with E-state index in [9.17, 15) is 10.2 Å². The number of hydrogen-bond donors (Lipinski definition) is 3. The van der Waals surface area contributed by atoms with Crippen molar-refractivity contribution in [3.8, 4) is 11.1 Å². The molecular weight excluding hydrogens is 442 g/mol. The third-order valence-corrected chi connectivity index (χ3v) is 6.62. The summed E-state index contributed by atoms with van der Waals surface area (Å²) in [5.41, 5.74) is 3.15. The minimum atomic E-state index is -1.67. The number of aliphatic hydroxyl groups is 2. The van der Waals surface area contributed by atoms with Crippen molar-refractivity contribution in [1.29, 1.82) is 0 Å². The van der Waals surface area contributed by atoms with Gasteiger partial charge in [0.05, 0.1) is 29.0 Å². The molecule has 8 nitrogen and oxygen atoms in total. The Balaban J connectivity index is 1.68. The number of aromatic nitrogens is 4. The number of rotatable bonds is 6. The number of fused-ring (bicyclic) bond motifs is 1. The van der Waals surface area contributed by atoms with Crippen LogP contribution in [-0.2, 0) is 12.2 Å². The largest absolute Gasteiger partial charge is 0.390 e. The number of aliphatic hydroxyl groups excluding tert-OH is 1. The summed E-state index contributed by atoms with van der Waals surface area (Å²) in [6.07, 6.45) is 11.9. The van der Waals surface area contributed by atoms with Crippen molar-refractivity contribution >= 4 is 17.2 Å². The molecule has 4 heterocycles. The van der Waals surface area contributed by atoms with Gasteiger partial charge in [-0.1, -0.05) is 23.4 Å². The maximum atomic E-state index is 12.6. The quantitative estimate of drug-likeness (QED) is 0.386. The molecule has 8 heteroatoms. The number of hydrogen-bond acceptors (Lipinski definition) is 7. The molecule has 2 aliphatic rings. The zero-order valence-electron chi connectivity index (χ0n) is 19.3. The second-order valence-electron chi connectivity index (χ2n) is 8.99. The topological polar surface area (TPSA) is 120 Å². The smallest absolute Gasteiger partial charge is 0.176 e. The lowest BCUT2D eigenvalue weighted by atomic mass is 9.83. The summed E-state index contributed by atoms with van der Waals surface area (Å²) < 4.78 is 5.40. The van der Waals surface area contributed by atoms with Crippen molar-refractivity contribution in [2.45, 2.75) is 44.3 Å². The second-order valence-corrected chi connectivity index (χ2v) is 8.99. The van der Waals surface area contributed by atoms with Crippen molar-refractivity contribution < 1.29 is 14.7 Å². The van der Waals surface area contributed by atoms with Gasteiger partial charge in [0.1, 0.15) is 17.3 Å². The summed E-state index contributed by atoms with van der Waals surface area (Å²) >= 11 is 0. The van der Waals surface area contributed by atoms with Crippen LogP contribution >= 0.6 is 0 Å². The lowest BCUT2D eigenvalue weighted by molar-refractivity contribution is 0.116. The Morgan fingerprint density at radius 1 is 1.23 bits per heavy atom. The highest BCUT2D eigenvalue weighted by Crippen LogP contribution is 2.45. The van der Waals surface area contributed by atoms with Gasteiger partial charge in [-0.25, -0.2) is 4.98 Å². The summed E-state index contributed by atoms with van der Waals surface area (Å²) in [7, 11) is 0. The average molecular weight is 468 g/mol. The van der Waals surface area contributed by atoms with Crippen molar-refractivity contribution in [3.63, 3.8) is 0 Å². The fraction of sp³-hybridized carbons (Fsp3) is 0.259. The number of benzene rings is 1. The number of aliphatic imine (C=N–C) groups is 1. The van der Waals surface area contributed by atoms with Crippen LogP contribution in [-0.4, -0.2) is 36.5 Å². The molecule has 0 amide bonds. The molecule has 1 aromatic carbocycles. The fourth-order valence-corrected chi connectivity index (χ4v) is 4.72. The van der Waals surface area contributed by atoms with Gasteiger partial charge in [0.2, 0.25) is 0 Å². The SMILES string of the molecule is Cc1onc(CO)c1-c1cc(C(O)(C2=CCC=CC=N2)c2ccccn2)c2nc(C3CC3)[nH]c2c1. The molecule has 1 aliphatic heterocycles. The van der Waals surface area contributed by atoms with Crippen molar-refractivity contribution in [2.75, 3.05) is 0 Å². The maximum Gasteiger partial charge on any atom is 0.176 e. The monoisotopic (exact) mass is 467 g/mol. The van der Waals surface area contributed by atoms with E-state index in [0.717, 1.165) is 29.7 Å².